The predicted molar refractivity (Wildman–Crippen MR) is 80.6 cm³/mol. The van der Waals surface area contributed by atoms with Gasteiger partial charge >= 0.3 is 6.03 Å². The minimum Gasteiger partial charge on any atom is -0.323 e. The van der Waals surface area contributed by atoms with Gasteiger partial charge in [-0.1, -0.05) is 49.6 Å². The van der Waals surface area contributed by atoms with Crippen LogP contribution in [0.5, 0.6) is 0 Å². The Morgan fingerprint density at radius 3 is 2.62 bits per heavy atom. The Balaban J connectivity index is 1.82. The van der Waals surface area contributed by atoms with Gasteiger partial charge in [0.05, 0.1) is 6.54 Å². The van der Waals surface area contributed by atoms with Crippen LogP contribution < -0.4 is 5.32 Å². The molecule has 2 unspecified atom stereocenters. The quantitative estimate of drug-likeness (QED) is 0.850. The van der Waals surface area contributed by atoms with Gasteiger partial charge in [-0.25, -0.2) is 4.79 Å². The molecule has 1 heterocycles. The van der Waals surface area contributed by atoms with Gasteiger partial charge < -0.3 is 5.32 Å². The maximum atomic E-state index is 12.8. The van der Waals surface area contributed by atoms with Crippen molar-refractivity contribution in [1.29, 1.82) is 0 Å². The molecule has 3 rings (SSSR count). The summed E-state index contributed by atoms with van der Waals surface area (Å²) in [7, 11) is 0. The number of aryl methyl sites for hydroxylation is 1. The van der Waals surface area contributed by atoms with Crippen molar-refractivity contribution >= 4 is 11.9 Å². The molecule has 1 aromatic carbocycles. The van der Waals surface area contributed by atoms with Crippen LogP contribution in [-0.4, -0.2) is 22.4 Å². The van der Waals surface area contributed by atoms with Crippen molar-refractivity contribution in [1.82, 2.24) is 10.2 Å². The molecule has 1 aliphatic heterocycles. The smallest absolute Gasteiger partial charge is 0.323 e. The van der Waals surface area contributed by atoms with Crippen LogP contribution in [0.3, 0.4) is 0 Å². The van der Waals surface area contributed by atoms with E-state index in [1.165, 1.54) is 10.5 Å². The highest BCUT2D eigenvalue weighted by Gasteiger charge is 2.54. The van der Waals surface area contributed by atoms with Gasteiger partial charge in [-0.3, -0.25) is 9.69 Å². The second-order valence-corrected chi connectivity index (χ2v) is 6.43. The lowest BCUT2D eigenvalue weighted by Crippen LogP contribution is -2.53. The van der Waals surface area contributed by atoms with Crippen LogP contribution in [0.15, 0.2) is 24.3 Å². The largest absolute Gasteiger partial charge is 0.325 e. The number of hydrogen-bond acceptors (Lipinski definition) is 2. The van der Waals surface area contributed by atoms with E-state index in [0.29, 0.717) is 6.54 Å². The zero-order valence-electron chi connectivity index (χ0n) is 12.7. The van der Waals surface area contributed by atoms with E-state index in [2.05, 4.69) is 12.2 Å². The summed E-state index contributed by atoms with van der Waals surface area (Å²) in [6.45, 7) is 4.46. The minimum absolute atomic E-state index is 0.0414. The number of nitrogens with zero attached hydrogens (tertiary/aromatic N) is 1. The first-order chi connectivity index (χ1) is 10.0. The van der Waals surface area contributed by atoms with Crippen molar-refractivity contribution in [3.8, 4) is 0 Å². The molecule has 21 heavy (non-hydrogen) atoms. The van der Waals surface area contributed by atoms with Gasteiger partial charge in [0.1, 0.15) is 5.54 Å². The van der Waals surface area contributed by atoms with Crippen LogP contribution in [0, 0.1) is 12.8 Å². The van der Waals surface area contributed by atoms with Crippen LogP contribution in [0.2, 0.25) is 0 Å². The Morgan fingerprint density at radius 1 is 1.24 bits per heavy atom. The van der Waals surface area contributed by atoms with E-state index < -0.39 is 5.54 Å². The molecule has 0 aromatic heterocycles. The maximum absolute atomic E-state index is 12.8. The number of rotatable bonds is 2. The third-order valence-electron chi connectivity index (χ3n) is 4.96. The molecule has 4 heteroatoms. The molecule has 1 N–H and O–H groups in total. The van der Waals surface area contributed by atoms with Crippen LogP contribution in [-0.2, 0) is 11.3 Å². The Morgan fingerprint density at radius 2 is 1.95 bits per heavy atom. The fourth-order valence-corrected chi connectivity index (χ4v) is 3.52. The molecule has 2 fully saturated rings. The van der Waals surface area contributed by atoms with Crippen molar-refractivity contribution in [3.63, 3.8) is 0 Å². The fraction of sp³-hybridized carbons (Fsp3) is 0.529. The lowest BCUT2D eigenvalue weighted by Gasteiger charge is -2.36. The first-order valence-corrected chi connectivity index (χ1v) is 7.72. The van der Waals surface area contributed by atoms with Crippen molar-refractivity contribution < 1.29 is 9.59 Å². The standard InChI is InChI=1S/C17H22N2O2/c1-12-6-8-14(9-7-12)11-19-15(20)17(18-16(19)21)10-4-3-5-13(17)2/h6-9,13H,3-5,10-11H2,1-2H3,(H,18,21). The highest BCUT2D eigenvalue weighted by molar-refractivity contribution is 6.07. The molecule has 2 aliphatic rings. The number of carbonyl (C=O) groups excluding carboxylic acids is 2. The number of carbonyl (C=O) groups is 2. The van der Waals surface area contributed by atoms with E-state index in [4.69, 9.17) is 0 Å². The van der Waals surface area contributed by atoms with Gasteiger partial charge in [-0.05, 0) is 31.2 Å². The van der Waals surface area contributed by atoms with Crippen LogP contribution in [0.25, 0.3) is 0 Å². The lowest BCUT2D eigenvalue weighted by atomic mass is 9.73. The summed E-state index contributed by atoms with van der Waals surface area (Å²) in [4.78, 5) is 26.5. The normalized spacial score (nSPS) is 29.0. The number of imide groups is 1. The first kappa shape index (κ1) is 14.1. The summed E-state index contributed by atoms with van der Waals surface area (Å²) in [6.07, 6.45) is 3.92. The summed E-state index contributed by atoms with van der Waals surface area (Å²) >= 11 is 0. The molecule has 1 spiro atoms. The summed E-state index contributed by atoms with van der Waals surface area (Å²) in [6, 6.07) is 7.73. The second kappa shape index (κ2) is 5.17. The van der Waals surface area contributed by atoms with Crippen LogP contribution >= 0.6 is 0 Å². The molecule has 3 amide bonds. The molecule has 0 radical (unpaired) electrons. The summed E-state index contributed by atoms with van der Waals surface area (Å²) < 4.78 is 0. The Bertz CT molecular complexity index is 567. The van der Waals surface area contributed by atoms with Gasteiger partial charge in [-0.2, -0.15) is 0 Å². The summed E-state index contributed by atoms with van der Waals surface area (Å²) in [5.41, 5.74) is 1.51. The molecule has 1 aliphatic carbocycles. The molecule has 1 saturated carbocycles. The molecular weight excluding hydrogens is 264 g/mol. The van der Waals surface area contributed by atoms with Crippen molar-refractivity contribution in [2.75, 3.05) is 0 Å². The average Bonchev–Trinajstić information content (AvgIpc) is 2.70. The third kappa shape index (κ3) is 2.33. The van der Waals surface area contributed by atoms with E-state index >= 15 is 0 Å². The van der Waals surface area contributed by atoms with Gasteiger partial charge in [0.15, 0.2) is 0 Å². The van der Waals surface area contributed by atoms with Gasteiger partial charge in [0.2, 0.25) is 0 Å². The van der Waals surface area contributed by atoms with Gasteiger partial charge in [-0.15, -0.1) is 0 Å². The molecule has 2 atom stereocenters. The van der Waals surface area contributed by atoms with Crippen molar-refractivity contribution in [2.24, 2.45) is 5.92 Å². The molecule has 1 aromatic rings. The topological polar surface area (TPSA) is 49.4 Å². The molecule has 0 bridgehead atoms. The highest BCUT2D eigenvalue weighted by Crippen LogP contribution is 2.38. The van der Waals surface area contributed by atoms with Gasteiger partial charge in [0.25, 0.3) is 5.91 Å². The minimum atomic E-state index is -0.653. The van der Waals surface area contributed by atoms with Crippen molar-refractivity contribution in [2.45, 2.75) is 51.6 Å². The zero-order chi connectivity index (χ0) is 15.0. The Kier molecular flexibility index (Phi) is 3.47. The van der Waals surface area contributed by atoms with E-state index in [9.17, 15) is 9.59 Å². The van der Waals surface area contributed by atoms with E-state index in [1.54, 1.807) is 0 Å². The second-order valence-electron chi connectivity index (χ2n) is 6.43. The number of urea groups is 1. The SMILES string of the molecule is Cc1ccc(CN2C(=O)NC3(CCCCC3C)C2=O)cc1. The Labute approximate surface area is 125 Å². The molecule has 112 valence electrons. The van der Waals surface area contributed by atoms with E-state index in [1.807, 2.05) is 31.2 Å². The number of hydrogen-bond donors (Lipinski definition) is 1. The monoisotopic (exact) mass is 286 g/mol. The number of amides is 3. The zero-order valence-corrected chi connectivity index (χ0v) is 12.7. The highest BCUT2D eigenvalue weighted by atomic mass is 16.2. The summed E-state index contributed by atoms with van der Waals surface area (Å²) in [5.74, 6) is 0.172. The summed E-state index contributed by atoms with van der Waals surface area (Å²) in [5, 5.41) is 2.99. The fourth-order valence-electron chi connectivity index (χ4n) is 3.52. The third-order valence-corrected chi connectivity index (χ3v) is 4.96. The van der Waals surface area contributed by atoms with Crippen LogP contribution in [0.1, 0.15) is 43.7 Å². The van der Waals surface area contributed by atoms with Gasteiger partial charge in [0, 0.05) is 0 Å². The average molecular weight is 286 g/mol. The Hall–Kier alpha value is -1.84. The molecule has 4 nitrogen and oxygen atoms in total. The van der Waals surface area contributed by atoms with Crippen molar-refractivity contribution in [3.05, 3.63) is 35.4 Å². The maximum Gasteiger partial charge on any atom is 0.325 e. The first-order valence-electron chi connectivity index (χ1n) is 7.72. The van der Waals surface area contributed by atoms with E-state index in [0.717, 1.165) is 31.2 Å². The number of benzene rings is 1. The van der Waals surface area contributed by atoms with Crippen LogP contribution in [0.4, 0.5) is 4.79 Å². The molecule has 1 saturated heterocycles. The molecular formula is C17H22N2O2. The predicted octanol–water partition coefficient (Wildman–Crippen LogP) is 3.00. The number of nitrogens with one attached hydrogen (secondary N) is 1. The van der Waals surface area contributed by atoms with E-state index in [-0.39, 0.29) is 17.9 Å². The lowest BCUT2D eigenvalue weighted by molar-refractivity contribution is -0.134.